The summed E-state index contributed by atoms with van der Waals surface area (Å²) in [6, 6.07) is 7.05. The molecule has 0 fully saturated rings. The zero-order valence-electron chi connectivity index (χ0n) is 21.4. The van der Waals surface area contributed by atoms with Crippen molar-refractivity contribution in [3.05, 3.63) is 45.6 Å². The Bertz CT molecular complexity index is 1280. The molecule has 0 aromatic heterocycles. The minimum atomic E-state index is 0.0215. The van der Waals surface area contributed by atoms with E-state index in [2.05, 4.69) is 83.2 Å². The number of anilines is 1. The fourth-order valence-corrected chi connectivity index (χ4v) is 7.83. The van der Waals surface area contributed by atoms with Crippen LogP contribution < -0.4 is 20.2 Å². The lowest BCUT2D eigenvalue weighted by Gasteiger charge is -2.48. The van der Waals surface area contributed by atoms with E-state index in [0.717, 1.165) is 23.9 Å². The lowest BCUT2D eigenvalue weighted by molar-refractivity contribution is 0.276. The molecule has 2 aromatic rings. The van der Waals surface area contributed by atoms with Crippen LogP contribution in [0.3, 0.4) is 0 Å². The summed E-state index contributed by atoms with van der Waals surface area (Å²) in [7, 11) is 2.23. The molecule has 0 radical (unpaired) electrons. The van der Waals surface area contributed by atoms with Crippen LogP contribution in [0, 0.1) is 6.92 Å². The zero-order valence-corrected chi connectivity index (χ0v) is 22.2. The first kappa shape index (κ1) is 22.9. The second kappa shape index (κ2) is 7.58. The van der Waals surface area contributed by atoms with Gasteiger partial charge in [0.05, 0.1) is 17.7 Å². The SMILES string of the molecule is Cc1cc2c(c3c1N=c1cc4c(cc1S3)=[N+](C)C(C)(C)CC4C)C(C)CC(C)(C)N2CCO. The molecule has 33 heavy (non-hydrogen) atoms. The van der Waals surface area contributed by atoms with Gasteiger partial charge >= 0.3 is 0 Å². The summed E-state index contributed by atoms with van der Waals surface area (Å²) in [5.41, 5.74) is 6.63. The fraction of sp³-hybridized carbons (Fsp3) is 0.571. The van der Waals surface area contributed by atoms with E-state index in [-0.39, 0.29) is 17.7 Å². The molecule has 1 N–H and O–H groups in total. The number of rotatable bonds is 2. The molecule has 0 spiro atoms. The summed E-state index contributed by atoms with van der Waals surface area (Å²) >= 11 is 1.90. The number of β-amino-alcohol motifs (C(OH)–C–C–N with tert-alkyl or cyclic N) is 1. The molecule has 2 aromatic carbocycles. The Hall–Kier alpha value is -1.85. The molecule has 5 heteroatoms. The van der Waals surface area contributed by atoms with E-state index < -0.39 is 0 Å². The van der Waals surface area contributed by atoms with Crippen molar-refractivity contribution in [2.75, 3.05) is 25.1 Å². The van der Waals surface area contributed by atoms with Crippen molar-refractivity contribution in [1.29, 1.82) is 0 Å². The highest BCUT2D eigenvalue weighted by atomic mass is 32.2. The van der Waals surface area contributed by atoms with Gasteiger partial charge in [0.25, 0.3) is 0 Å². The van der Waals surface area contributed by atoms with E-state index in [1.54, 1.807) is 0 Å². The van der Waals surface area contributed by atoms with Gasteiger partial charge in [0.15, 0.2) is 5.54 Å². The van der Waals surface area contributed by atoms with Crippen molar-refractivity contribution < 1.29 is 5.11 Å². The number of aliphatic hydroxyl groups is 1. The van der Waals surface area contributed by atoms with Crippen molar-refractivity contribution in [3.8, 4) is 0 Å². The van der Waals surface area contributed by atoms with Crippen LogP contribution in [-0.4, -0.2) is 36.4 Å². The minimum absolute atomic E-state index is 0.0215. The normalized spacial score (nSPS) is 24.4. The molecule has 3 heterocycles. The Balaban J connectivity index is 1.75. The van der Waals surface area contributed by atoms with Gasteiger partial charge in [-0.3, -0.25) is 0 Å². The Morgan fingerprint density at radius 1 is 1.12 bits per heavy atom. The standard InChI is InChI=1S/C28H38N3OS/c1-16-11-22-24(18(3)15-28(6,7)31(22)9-10-32)26-25(16)29-20-12-19-17(2)14-27(4,5)30(8)21(19)13-23(20)33-26/h11-13,17-18,32H,9-10,14-15H2,1-8H3/q+1. The van der Waals surface area contributed by atoms with E-state index in [0.29, 0.717) is 18.4 Å². The van der Waals surface area contributed by atoms with E-state index in [9.17, 15) is 5.11 Å². The maximum Gasteiger partial charge on any atom is 0.204 e. The van der Waals surface area contributed by atoms with Gasteiger partial charge in [0, 0.05) is 45.6 Å². The maximum absolute atomic E-state index is 9.81. The topological polar surface area (TPSA) is 38.8 Å². The van der Waals surface area contributed by atoms with E-state index in [1.165, 1.54) is 37.5 Å². The van der Waals surface area contributed by atoms with Gasteiger partial charge < -0.3 is 10.0 Å². The second-order valence-corrected chi connectivity index (χ2v) is 12.7. The molecule has 0 amide bonds. The van der Waals surface area contributed by atoms with Crippen molar-refractivity contribution >= 4 is 23.1 Å². The minimum Gasteiger partial charge on any atom is -0.395 e. The Morgan fingerprint density at radius 2 is 1.85 bits per heavy atom. The predicted octanol–water partition coefficient (Wildman–Crippen LogP) is 4.90. The van der Waals surface area contributed by atoms with Gasteiger partial charge in [-0.05, 0) is 76.1 Å². The molecule has 0 aliphatic carbocycles. The highest BCUT2D eigenvalue weighted by Gasteiger charge is 2.40. The molecule has 0 saturated heterocycles. The van der Waals surface area contributed by atoms with Crippen LogP contribution in [0.25, 0.3) is 0 Å². The number of nitrogens with zero attached hydrogens (tertiary/aromatic N) is 3. The Kier molecular flexibility index (Phi) is 5.26. The third kappa shape index (κ3) is 3.46. The second-order valence-electron chi connectivity index (χ2n) is 11.7. The van der Waals surface area contributed by atoms with E-state index in [4.69, 9.17) is 4.99 Å². The van der Waals surface area contributed by atoms with Crippen molar-refractivity contribution in [3.63, 3.8) is 0 Å². The molecule has 0 saturated carbocycles. The predicted molar refractivity (Wildman–Crippen MR) is 138 cm³/mol. The Labute approximate surface area is 202 Å². The molecule has 2 atom stereocenters. The summed E-state index contributed by atoms with van der Waals surface area (Å²) in [5.74, 6) is 0.972. The molecule has 5 rings (SSSR count). The monoisotopic (exact) mass is 464 g/mol. The van der Waals surface area contributed by atoms with Crippen LogP contribution in [0.2, 0.25) is 0 Å². The van der Waals surface area contributed by atoms with Gasteiger partial charge in [0.2, 0.25) is 5.36 Å². The Morgan fingerprint density at radius 3 is 2.55 bits per heavy atom. The first-order valence-corrected chi connectivity index (χ1v) is 13.1. The van der Waals surface area contributed by atoms with Crippen LogP contribution >= 0.6 is 11.8 Å². The van der Waals surface area contributed by atoms with Crippen LogP contribution in [0.4, 0.5) is 11.4 Å². The molecule has 4 nitrogen and oxygen atoms in total. The number of aliphatic hydroxyl groups excluding tert-OH is 1. The van der Waals surface area contributed by atoms with Crippen molar-refractivity contribution in [2.45, 2.75) is 94.0 Å². The average molecular weight is 465 g/mol. The molecule has 3 aliphatic rings. The van der Waals surface area contributed by atoms with Gasteiger partial charge in [-0.2, -0.15) is 0 Å². The van der Waals surface area contributed by atoms with Crippen LogP contribution in [0.5, 0.6) is 0 Å². The summed E-state index contributed by atoms with van der Waals surface area (Å²) < 4.78 is 2.46. The molecule has 2 unspecified atom stereocenters. The largest absolute Gasteiger partial charge is 0.395 e. The van der Waals surface area contributed by atoms with Gasteiger partial charge in [0.1, 0.15) is 7.05 Å². The van der Waals surface area contributed by atoms with Gasteiger partial charge in [-0.15, -0.1) is 0 Å². The summed E-state index contributed by atoms with van der Waals surface area (Å²) in [6.07, 6.45) is 2.22. The first-order valence-electron chi connectivity index (χ1n) is 12.3. The lowest BCUT2D eigenvalue weighted by Crippen LogP contribution is -2.50. The molecule has 176 valence electrons. The quantitative estimate of drug-likeness (QED) is 0.548. The van der Waals surface area contributed by atoms with Crippen LogP contribution in [0.1, 0.15) is 82.9 Å². The van der Waals surface area contributed by atoms with Gasteiger partial charge in [-0.25, -0.2) is 9.57 Å². The fourth-order valence-electron chi connectivity index (χ4n) is 6.51. The third-order valence-electron chi connectivity index (χ3n) is 8.26. The average Bonchev–Trinajstić information content (AvgIpc) is 2.72. The molecule has 0 bridgehead atoms. The van der Waals surface area contributed by atoms with E-state index >= 15 is 0 Å². The highest BCUT2D eigenvalue weighted by Crippen LogP contribution is 2.53. The summed E-state index contributed by atoms with van der Waals surface area (Å²) in [6.45, 7) is 17.0. The molecular formula is C28H38N3OS+. The molecular weight excluding hydrogens is 426 g/mol. The third-order valence-corrected chi connectivity index (χ3v) is 9.43. The molecule has 3 aliphatic heterocycles. The first-order chi connectivity index (χ1) is 15.4. The lowest BCUT2D eigenvalue weighted by atomic mass is 9.79. The van der Waals surface area contributed by atoms with Crippen molar-refractivity contribution in [1.82, 2.24) is 4.58 Å². The van der Waals surface area contributed by atoms with Gasteiger partial charge in [-0.1, -0.05) is 25.6 Å². The van der Waals surface area contributed by atoms with Crippen LogP contribution in [-0.2, 0) is 0 Å². The van der Waals surface area contributed by atoms with Crippen LogP contribution in [0.15, 0.2) is 33.0 Å². The number of benzene rings is 2. The van der Waals surface area contributed by atoms with E-state index in [1.807, 2.05) is 11.8 Å². The zero-order chi connectivity index (χ0) is 23.9. The summed E-state index contributed by atoms with van der Waals surface area (Å²) in [5, 5.41) is 12.3. The number of aryl methyl sites for hydroxylation is 1. The highest BCUT2D eigenvalue weighted by molar-refractivity contribution is 7.99. The number of hydrogen-bond acceptors (Lipinski definition) is 4. The summed E-state index contributed by atoms with van der Waals surface area (Å²) in [4.78, 5) is 10.2. The maximum atomic E-state index is 9.81. The van der Waals surface area contributed by atoms with Crippen molar-refractivity contribution in [2.24, 2.45) is 4.99 Å². The smallest absolute Gasteiger partial charge is 0.204 e. The number of hydrogen-bond donors (Lipinski definition) is 1. The number of fused-ring (bicyclic) bond motifs is 5.